The van der Waals surface area contributed by atoms with Crippen LogP contribution in [0.1, 0.15) is 29.5 Å². The van der Waals surface area contributed by atoms with Crippen LogP contribution < -0.4 is 4.90 Å². The summed E-state index contributed by atoms with van der Waals surface area (Å²) < 4.78 is 31.7. The number of aliphatic carboxylic acids is 1. The number of likely N-dealkylation sites (tertiary alicyclic amines) is 1. The maximum atomic E-state index is 13.7. The SMILES string of the molecule is O=C(O)C(F)(F)F.O=C1N(Cc2ccccc2)c2ccccc2C12CCN(Cc1ccsc1)CC2. The third-order valence-corrected chi connectivity index (χ3v) is 7.22. The number of halogens is 3. The van der Waals surface area contributed by atoms with Crippen molar-refractivity contribution >= 4 is 28.9 Å². The van der Waals surface area contributed by atoms with E-state index in [1.165, 1.54) is 16.7 Å². The van der Waals surface area contributed by atoms with E-state index in [4.69, 9.17) is 9.90 Å². The van der Waals surface area contributed by atoms with Gasteiger partial charge in [-0.2, -0.15) is 24.5 Å². The molecule has 9 heteroatoms. The molecule has 1 saturated heterocycles. The van der Waals surface area contributed by atoms with Crippen molar-refractivity contribution in [3.63, 3.8) is 0 Å². The summed E-state index contributed by atoms with van der Waals surface area (Å²) in [5.74, 6) is -2.47. The zero-order valence-electron chi connectivity index (χ0n) is 18.9. The van der Waals surface area contributed by atoms with E-state index >= 15 is 0 Å². The zero-order valence-corrected chi connectivity index (χ0v) is 19.7. The van der Waals surface area contributed by atoms with Crippen LogP contribution in [-0.4, -0.2) is 41.1 Å². The van der Waals surface area contributed by atoms with E-state index in [2.05, 4.69) is 58.1 Å². The number of para-hydroxylation sites is 1. The molecule has 0 bridgehead atoms. The first kappa shape index (κ1) is 24.9. The third-order valence-electron chi connectivity index (χ3n) is 6.49. The van der Waals surface area contributed by atoms with Gasteiger partial charge in [0.1, 0.15) is 0 Å². The van der Waals surface area contributed by atoms with Crippen molar-refractivity contribution in [3.8, 4) is 0 Å². The van der Waals surface area contributed by atoms with Crippen molar-refractivity contribution in [2.75, 3.05) is 18.0 Å². The van der Waals surface area contributed by atoms with Crippen molar-refractivity contribution in [3.05, 3.63) is 88.1 Å². The van der Waals surface area contributed by atoms with Gasteiger partial charge >= 0.3 is 12.1 Å². The minimum Gasteiger partial charge on any atom is -0.475 e. The molecule has 0 aliphatic carbocycles. The summed E-state index contributed by atoms with van der Waals surface area (Å²) in [4.78, 5) is 27.1. The number of hydrogen-bond donors (Lipinski definition) is 1. The Morgan fingerprint density at radius 3 is 2.17 bits per heavy atom. The Morgan fingerprint density at radius 1 is 0.943 bits per heavy atom. The quantitative estimate of drug-likeness (QED) is 0.515. The fourth-order valence-corrected chi connectivity index (χ4v) is 5.40. The Labute approximate surface area is 205 Å². The summed E-state index contributed by atoms with van der Waals surface area (Å²) in [6.45, 7) is 3.57. The second-order valence-corrected chi connectivity index (χ2v) is 9.47. The summed E-state index contributed by atoms with van der Waals surface area (Å²) in [6, 6.07) is 20.9. The van der Waals surface area contributed by atoms with Crippen molar-refractivity contribution < 1.29 is 27.9 Å². The number of hydrogen-bond acceptors (Lipinski definition) is 4. The highest BCUT2D eigenvalue weighted by Crippen LogP contribution is 2.48. The molecule has 2 aliphatic rings. The van der Waals surface area contributed by atoms with Crippen molar-refractivity contribution in [1.82, 2.24) is 4.90 Å². The molecule has 3 aromatic rings. The maximum absolute atomic E-state index is 13.7. The van der Waals surface area contributed by atoms with E-state index in [0.717, 1.165) is 38.2 Å². The van der Waals surface area contributed by atoms with Crippen LogP contribution in [0.25, 0.3) is 0 Å². The molecule has 2 aromatic carbocycles. The average Bonchev–Trinajstić information content (AvgIpc) is 3.43. The predicted molar refractivity (Wildman–Crippen MR) is 128 cm³/mol. The minimum absolute atomic E-state index is 0.285. The van der Waals surface area contributed by atoms with E-state index in [-0.39, 0.29) is 11.3 Å². The number of fused-ring (bicyclic) bond motifs is 2. The number of amides is 1. The van der Waals surface area contributed by atoms with E-state index in [1.54, 1.807) is 11.3 Å². The van der Waals surface area contributed by atoms with Gasteiger partial charge in [0.05, 0.1) is 12.0 Å². The van der Waals surface area contributed by atoms with Gasteiger partial charge in [0.15, 0.2) is 0 Å². The van der Waals surface area contributed by atoms with Gasteiger partial charge in [-0.25, -0.2) is 4.79 Å². The molecule has 5 nitrogen and oxygen atoms in total. The van der Waals surface area contributed by atoms with Crippen LogP contribution in [0, 0.1) is 0 Å². The number of thiophene rings is 1. The van der Waals surface area contributed by atoms with Crippen molar-refractivity contribution in [1.29, 1.82) is 0 Å². The van der Waals surface area contributed by atoms with Crippen LogP contribution in [0.3, 0.4) is 0 Å². The first-order valence-corrected chi connectivity index (χ1v) is 12.1. The molecule has 1 aromatic heterocycles. The minimum atomic E-state index is -5.08. The highest BCUT2D eigenvalue weighted by Gasteiger charge is 2.51. The monoisotopic (exact) mass is 502 g/mol. The van der Waals surface area contributed by atoms with Crippen LogP contribution in [0.4, 0.5) is 18.9 Å². The van der Waals surface area contributed by atoms with Crippen LogP contribution in [0.15, 0.2) is 71.4 Å². The first-order valence-electron chi connectivity index (χ1n) is 11.2. The maximum Gasteiger partial charge on any atom is 0.490 e. The Balaban J connectivity index is 0.000000364. The number of rotatable bonds is 4. The Morgan fingerprint density at radius 2 is 1.57 bits per heavy atom. The smallest absolute Gasteiger partial charge is 0.475 e. The predicted octanol–water partition coefficient (Wildman–Crippen LogP) is 5.46. The summed E-state index contributed by atoms with van der Waals surface area (Å²) in [5, 5.41) is 11.5. The van der Waals surface area contributed by atoms with E-state index in [1.807, 2.05) is 23.1 Å². The van der Waals surface area contributed by atoms with Crippen LogP contribution >= 0.6 is 11.3 Å². The van der Waals surface area contributed by atoms with Crippen LogP contribution in [-0.2, 0) is 28.1 Å². The van der Waals surface area contributed by atoms with E-state index in [9.17, 15) is 18.0 Å². The molecular formula is C26H25F3N2O3S. The topological polar surface area (TPSA) is 60.9 Å². The number of carboxylic acid groups (broad SMARTS) is 1. The average molecular weight is 503 g/mol. The van der Waals surface area contributed by atoms with E-state index < -0.39 is 12.1 Å². The lowest BCUT2D eigenvalue weighted by atomic mass is 9.73. The molecule has 3 heterocycles. The summed E-state index contributed by atoms with van der Waals surface area (Å²) in [6.07, 6.45) is -3.28. The Bertz CT molecular complexity index is 1160. The molecule has 0 unspecified atom stereocenters. The first-order chi connectivity index (χ1) is 16.7. The van der Waals surface area contributed by atoms with Gasteiger partial charge in [-0.05, 0) is 65.5 Å². The van der Waals surface area contributed by atoms with Gasteiger partial charge in [0.25, 0.3) is 0 Å². The number of carboxylic acids is 1. The lowest BCUT2D eigenvalue weighted by Crippen LogP contribution is -2.48. The molecule has 5 rings (SSSR count). The molecule has 0 radical (unpaired) electrons. The van der Waals surface area contributed by atoms with Gasteiger partial charge in [0, 0.05) is 12.2 Å². The van der Waals surface area contributed by atoms with Crippen LogP contribution in [0.5, 0.6) is 0 Å². The lowest BCUT2D eigenvalue weighted by molar-refractivity contribution is -0.192. The summed E-state index contributed by atoms with van der Waals surface area (Å²) >= 11 is 1.75. The summed E-state index contributed by atoms with van der Waals surface area (Å²) in [5.41, 5.74) is 4.53. The number of carbonyl (C=O) groups is 2. The molecule has 1 spiro atoms. The standard InChI is InChI=1S/C24H24N2OS.C2HF3O2/c27-23-24(11-13-25(14-12-24)16-20-10-15-28-18-20)21-8-4-5-9-22(21)26(23)17-19-6-2-1-3-7-19;3-2(4,5)1(6)7/h1-10,15,18H,11-14,16-17H2;(H,6,7). The molecule has 184 valence electrons. The molecule has 0 atom stereocenters. The molecule has 1 amide bonds. The highest BCUT2D eigenvalue weighted by molar-refractivity contribution is 7.07. The molecule has 1 fully saturated rings. The fraction of sp³-hybridized carbons (Fsp3) is 0.308. The normalized spacial score (nSPS) is 17.1. The number of anilines is 1. The van der Waals surface area contributed by atoms with Crippen LogP contribution in [0.2, 0.25) is 0 Å². The van der Waals surface area contributed by atoms with Gasteiger partial charge in [-0.3, -0.25) is 9.69 Å². The van der Waals surface area contributed by atoms with Gasteiger partial charge in [-0.15, -0.1) is 0 Å². The van der Waals surface area contributed by atoms with Crippen molar-refractivity contribution in [2.24, 2.45) is 0 Å². The van der Waals surface area contributed by atoms with Gasteiger partial charge < -0.3 is 10.0 Å². The molecule has 2 aliphatic heterocycles. The molecule has 0 saturated carbocycles. The lowest BCUT2D eigenvalue weighted by Gasteiger charge is -2.38. The third kappa shape index (κ3) is 5.41. The molecule has 1 N–H and O–H groups in total. The van der Waals surface area contributed by atoms with Gasteiger partial charge in [-0.1, -0.05) is 48.5 Å². The molecule has 35 heavy (non-hydrogen) atoms. The van der Waals surface area contributed by atoms with Crippen molar-refractivity contribution in [2.45, 2.75) is 37.5 Å². The number of carbonyl (C=O) groups excluding carboxylic acids is 1. The Kier molecular flexibility index (Phi) is 7.28. The second kappa shape index (κ2) is 10.2. The number of alkyl halides is 3. The largest absolute Gasteiger partial charge is 0.490 e. The number of piperidine rings is 1. The number of benzene rings is 2. The van der Waals surface area contributed by atoms with Gasteiger partial charge in [0.2, 0.25) is 5.91 Å². The molecular weight excluding hydrogens is 477 g/mol. The highest BCUT2D eigenvalue weighted by atomic mass is 32.1. The Hall–Kier alpha value is -3.17. The number of nitrogens with zero attached hydrogens (tertiary/aromatic N) is 2. The zero-order chi connectivity index (χ0) is 25.1. The fourth-order valence-electron chi connectivity index (χ4n) is 4.74. The second-order valence-electron chi connectivity index (χ2n) is 8.69. The summed E-state index contributed by atoms with van der Waals surface area (Å²) in [7, 11) is 0. The van der Waals surface area contributed by atoms with E-state index in [0.29, 0.717) is 6.54 Å².